The third kappa shape index (κ3) is 3.93. The van der Waals surface area contributed by atoms with Crippen LogP contribution in [0.2, 0.25) is 0 Å². The average Bonchev–Trinajstić information content (AvgIpc) is 3.47. The molecule has 9 heteroatoms. The van der Waals surface area contributed by atoms with Crippen LogP contribution in [0.5, 0.6) is 0 Å². The number of aromatic nitrogens is 2. The van der Waals surface area contributed by atoms with Crippen LogP contribution >= 0.6 is 23.1 Å². The van der Waals surface area contributed by atoms with Crippen LogP contribution in [0.4, 0.5) is 0 Å². The molecule has 0 spiro atoms. The maximum Gasteiger partial charge on any atom is 0.374 e. The van der Waals surface area contributed by atoms with Crippen molar-refractivity contribution in [2.24, 2.45) is 0 Å². The molecular weight excluding hydrogens is 424 g/mol. The summed E-state index contributed by atoms with van der Waals surface area (Å²) in [4.78, 5) is 32.1. The van der Waals surface area contributed by atoms with Gasteiger partial charge in [0.05, 0.1) is 31.4 Å². The summed E-state index contributed by atoms with van der Waals surface area (Å²) in [6.07, 6.45) is 4.23. The molecule has 0 saturated carbocycles. The van der Waals surface area contributed by atoms with E-state index in [9.17, 15) is 9.59 Å². The number of aryl methyl sites for hydroxylation is 2. The Balaban J connectivity index is 1.73. The number of thiophene rings is 1. The fourth-order valence-electron chi connectivity index (χ4n) is 3.78. The molecule has 0 bridgehead atoms. The molecule has 3 aromatic heterocycles. The van der Waals surface area contributed by atoms with Crippen molar-refractivity contribution in [3.05, 3.63) is 44.4 Å². The summed E-state index contributed by atoms with van der Waals surface area (Å²) >= 11 is 2.97. The van der Waals surface area contributed by atoms with Crippen LogP contribution in [0, 0.1) is 6.92 Å². The number of rotatable bonds is 7. The minimum atomic E-state index is -0.516. The lowest BCUT2D eigenvalue weighted by Gasteiger charge is -2.16. The summed E-state index contributed by atoms with van der Waals surface area (Å²) in [6, 6.07) is 1.74. The van der Waals surface area contributed by atoms with E-state index in [1.165, 1.54) is 25.1 Å². The van der Waals surface area contributed by atoms with Crippen LogP contribution in [0.25, 0.3) is 10.2 Å². The zero-order valence-corrected chi connectivity index (χ0v) is 18.9. The zero-order valence-electron chi connectivity index (χ0n) is 17.2. The van der Waals surface area contributed by atoms with Gasteiger partial charge in [-0.2, -0.15) is 0 Å². The SMILES string of the molecule is CCc1c(C)sc2nc(SCc3ccoc3C(=O)OC)n(C[C@H]3CCCO3)c(=O)c12. The predicted octanol–water partition coefficient (Wildman–Crippen LogP) is 4.18. The number of esters is 1. The molecule has 0 aromatic carbocycles. The standard InChI is InChI=1S/C21H24N2O5S2/c1-4-15-12(2)30-18-16(15)19(24)23(10-14-6-5-8-27-14)21(22-18)29-11-13-7-9-28-17(13)20(25)26-3/h7,9,14H,4-6,8,10-11H2,1-3H3/t14-/m1/s1. The van der Waals surface area contributed by atoms with Gasteiger partial charge >= 0.3 is 5.97 Å². The van der Waals surface area contributed by atoms with Gasteiger partial charge in [0.1, 0.15) is 4.83 Å². The molecule has 0 unspecified atom stereocenters. The number of carbonyl (C=O) groups is 1. The number of ether oxygens (including phenoxy) is 2. The summed E-state index contributed by atoms with van der Waals surface area (Å²) in [5, 5.41) is 1.35. The van der Waals surface area contributed by atoms with Crippen molar-refractivity contribution in [3.8, 4) is 0 Å². The number of nitrogens with zero attached hydrogens (tertiary/aromatic N) is 2. The highest BCUT2D eigenvalue weighted by Crippen LogP contribution is 2.31. The Labute approximate surface area is 182 Å². The van der Waals surface area contributed by atoms with Gasteiger partial charge in [-0.1, -0.05) is 18.7 Å². The van der Waals surface area contributed by atoms with Gasteiger partial charge in [0.2, 0.25) is 5.76 Å². The highest BCUT2D eigenvalue weighted by molar-refractivity contribution is 7.98. The van der Waals surface area contributed by atoms with Crippen molar-refractivity contribution in [2.75, 3.05) is 13.7 Å². The van der Waals surface area contributed by atoms with E-state index in [0.29, 0.717) is 23.0 Å². The number of hydrogen-bond acceptors (Lipinski definition) is 8. The summed E-state index contributed by atoms with van der Waals surface area (Å²) < 4.78 is 17.6. The lowest BCUT2D eigenvalue weighted by Crippen LogP contribution is -2.29. The molecule has 1 fully saturated rings. The number of furan rings is 1. The molecule has 160 valence electrons. The first kappa shape index (κ1) is 21.1. The van der Waals surface area contributed by atoms with Gasteiger partial charge in [-0.25, -0.2) is 9.78 Å². The minimum Gasteiger partial charge on any atom is -0.463 e. The second kappa shape index (κ2) is 8.95. The molecule has 0 aliphatic carbocycles. The molecule has 0 amide bonds. The van der Waals surface area contributed by atoms with E-state index in [1.54, 1.807) is 22.0 Å². The molecule has 3 aromatic rings. The number of fused-ring (bicyclic) bond motifs is 1. The average molecular weight is 449 g/mol. The van der Waals surface area contributed by atoms with E-state index in [1.807, 2.05) is 6.92 Å². The Morgan fingerprint density at radius 1 is 1.47 bits per heavy atom. The Hall–Kier alpha value is -2.10. The number of carbonyl (C=O) groups excluding carboxylic acids is 1. The van der Waals surface area contributed by atoms with Gasteiger partial charge in [-0.15, -0.1) is 11.3 Å². The van der Waals surface area contributed by atoms with Crippen molar-refractivity contribution in [1.82, 2.24) is 9.55 Å². The topological polar surface area (TPSA) is 83.6 Å². The molecule has 7 nitrogen and oxygen atoms in total. The third-order valence-corrected chi connectivity index (χ3v) is 7.38. The Bertz CT molecular complexity index is 1120. The van der Waals surface area contributed by atoms with E-state index in [-0.39, 0.29) is 17.4 Å². The van der Waals surface area contributed by atoms with Gasteiger partial charge < -0.3 is 13.9 Å². The molecule has 0 N–H and O–H groups in total. The van der Waals surface area contributed by atoms with E-state index >= 15 is 0 Å². The van der Waals surface area contributed by atoms with Gasteiger partial charge in [-0.05, 0) is 37.8 Å². The van der Waals surface area contributed by atoms with E-state index in [0.717, 1.165) is 46.5 Å². The van der Waals surface area contributed by atoms with Gasteiger partial charge in [-0.3, -0.25) is 9.36 Å². The molecule has 4 rings (SSSR count). The minimum absolute atomic E-state index is 0.0143. The van der Waals surface area contributed by atoms with Crippen LogP contribution in [0.15, 0.2) is 26.7 Å². The highest BCUT2D eigenvalue weighted by Gasteiger charge is 2.23. The second-order valence-electron chi connectivity index (χ2n) is 7.17. The molecule has 1 aliphatic heterocycles. The maximum absolute atomic E-state index is 13.5. The van der Waals surface area contributed by atoms with Crippen LogP contribution in [0.1, 0.15) is 46.3 Å². The van der Waals surface area contributed by atoms with Crippen LogP contribution in [-0.4, -0.2) is 35.3 Å². The van der Waals surface area contributed by atoms with Crippen molar-refractivity contribution >= 4 is 39.3 Å². The molecular formula is C21H24N2O5S2. The van der Waals surface area contributed by atoms with E-state index in [2.05, 4.69) is 6.92 Å². The first-order valence-electron chi connectivity index (χ1n) is 9.95. The van der Waals surface area contributed by atoms with E-state index in [4.69, 9.17) is 18.9 Å². The van der Waals surface area contributed by atoms with Crippen LogP contribution in [-0.2, 0) is 28.2 Å². The molecule has 30 heavy (non-hydrogen) atoms. The fraction of sp³-hybridized carbons (Fsp3) is 0.476. The monoisotopic (exact) mass is 448 g/mol. The molecule has 4 heterocycles. The summed E-state index contributed by atoms with van der Waals surface area (Å²) in [5.41, 5.74) is 1.77. The Morgan fingerprint density at radius 2 is 2.30 bits per heavy atom. The molecule has 1 aliphatic rings. The largest absolute Gasteiger partial charge is 0.463 e. The smallest absolute Gasteiger partial charge is 0.374 e. The van der Waals surface area contributed by atoms with Crippen molar-refractivity contribution < 1.29 is 18.7 Å². The van der Waals surface area contributed by atoms with E-state index < -0.39 is 5.97 Å². The Morgan fingerprint density at radius 3 is 3.00 bits per heavy atom. The number of hydrogen-bond donors (Lipinski definition) is 0. The third-order valence-electron chi connectivity index (χ3n) is 5.32. The maximum atomic E-state index is 13.5. The van der Waals surface area contributed by atoms with Crippen molar-refractivity contribution in [3.63, 3.8) is 0 Å². The summed E-state index contributed by atoms with van der Waals surface area (Å²) in [5.74, 6) is 0.103. The second-order valence-corrected chi connectivity index (χ2v) is 9.32. The van der Waals surface area contributed by atoms with Gasteiger partial charge in [0.25, 0.3) is 5.56 Å². The number of thioether (sulfide) groups is 1. The molecule has 1 atom stereocenters. The number of methoxy groups -OCH3 is 1. The van der Waals surface area contributed by atoms with Crippen LogP contribution in [0.3, 0.4) is 0 Å². The quantitative estimate of drug-likeness (QED) is 0.305. The first-order valence-corrected chi connectivity index (χ1v) is 11.8. The first-order chi connectivity index (χ1) is 14.5. The van der Waals surface area contributed by atoms with Crippen LogP contribution < -0.4 is 5.56 Å². The molecule has 1 saturated heterocycles. The zero-order chi connectivity index (χ0) is 21.3. The van der Waals surface area contributed by atoms with Gasteiger partial charge in [0, 0.05) is 22.8 Å². The summed E-state index contributed by atoms with van der Waals surface area (Å²) in [6.45, 7) is 5.31. The predicted molar refractivity (Wildman–Crippen MR) is 117 cm³/mol. The molecule has 0 radical (unpaired) electrons. The highest BCUT2D eigenvalue weighted by atomic mass is 32.2. The van der Waals surface area contributed by atoms with Crippen molar-refractivity contribution in [2.45, 2.75) is 56.7 Å². The lowest BCUT2D eigenvalue weighted by molar-refractivity contribution is 0.0564. The van der Waals surface area contributed by atoms with Gasteiger partial charge in [0.15, 0.2) is 5.16 Å². The Kier molecular flexibility index (Phi) is 6.31. The van der Waals surface area contributed by atoms with Crippen molar-refractivity contribution in [1.29, 1.82) is 0 Å². The lowest BCUT2D eigenvalue weighted by atomic mass is 10.1. The normalized spacial score (nSPS) is 16.4. The fourth-order valence-corrected chi connectivity index (χ4v) is 5.93. The summed E-state index contributed by atoms with van der Waals surface area (Å²) in [7, 11) is 1.32.